The van der Waals surface area contributed by atoms with Crippen molar-refractivity contribution in [1.82, 2.24) is 24.2 Å². The van der Waals surface area contributed by atoms with Gasteiger partial charge in [-0.05, 0) is 44.9 Å². The Morgan fingerprint density at radius 2 is 2.14 bits per heavy atom. The van der Waals surface area contributed by atoms with Crippen molar-refractivity contribution in [2.75, 3.05) is 18.4 Å². The first-order chi connectivity index (χ1) is 13.4. The van der Waals surface area contributed by atoms with Crippen molar-refractivity contribution in [1.29, 1.82) is 0 Å². The lowest BCUT2D eigenvalue weighted by atomic mass is 10.1. The van der Waals surface area contributed by atoms with Crippen LogP contribution >= 0.6 is 0 Å². The highest BCUT2D eigenvalue weighted by Gasteiger charge is 2.31. The number of pyridine rings is 1. The Balaban J connectivity index is 1.59. The zero-order chi connectivity index (χ0) is 19.7. The fraction of sp³-hybridized carbons (Fsp3) is 0.421. The molecule has 3 aromatic rings. The van der Waals surface area contributed by atoms with Gasteiger partial charge in [-0.2, -0.15) is 4.31 Å². The van der Waals surface area contributed by atoms with Crippen molar-refractivity contribution in [3.63, 3.8) is 0 Å². The molecule has 0 amide bonds. The lowest BCUT2D eigenvalue weighted by molar-refractivity contribution is 0.324. The van der Waals surface area contributed by atoms with Crippen molar-refractivity contribution >= 4 is 27.0 Å². The Kier molecular flexibility index (Phi) is 5.03. The van der Waals surface area contributed by atoms with Crippen molar-refractivity contribution in [3.05, 3.63) is 36.8 Å². The van der Waals surface area contributed by atoms with Gasteiger partial charge in [-0.25, -0.2) is 23.4 Å². The van der Waals surface area contributed by atoms with Crippen molar-refractivity contribution in [3.8, 4) is 11.3 Å². The van der Waals surface area contributed by atoms with Crippen LogP contribution in [0.4, 0.5) is 5.82 Å². The first-order valence-corrected chi connectivity index (χ1v) is 11.0. The molecule has 0 bridgehead atoms. The van der Waals surface area contributed by atoms with Gasteiger partial charge in [0, 0.05) is 37.1 Å². The maximum atomic E-state index is 12.5. The number of H-pyrrole nitrogens is 1. The molecular formula is C19H24N6O2S. The smallest absolute Gasteiger partial charge is 0.216 e. The summed E-state index contributed by atoms with van der Waals surface area (Å²) < 4.78 is 26.7. The molecule has 1 aliphatic heterocycles. The fourth-order valence-electron chi connectivity index (χ4n) is 3.47. The van der Waals surface area contributed by atoms with E-state index in [2.05, 4.69) is 25.3 Å². The van der Waals surface area contributed by atoms with E-state index >= 15 is 0 Å². The van der Waals surface area contributed by atoms with Gasteiger partial charge in [0.1, 0.15) is 11.3 Å². The molecule has 1 aliphatic rings. The molecule has 0 aliphatic carbocycles. The Morgan fingerprint density at radius 3 is 2.96 bits per heavy atom. The van der Waals surface area contributed by atoms with E-state index in [1.54, 1.807) is 30.5 Å². The number of anilines is 1. The average Bonchev–Trinajstić information content (AvgIpc) is 3.16. The maximum absolute atomic E-state index is 12.5. The van der Waals surface area contributed by atoms with Gasteiger partial charge in [-0.1, -0.05) is 0 Å². The van der Waals surface area contributed by atoms with Gasteiger partial charge in [-0.15, -0.1) is 0 Å². The Hall–Kier alpha value is -2.52. The third-order valence-corrected chi connectivity index (χ3v) is 7.27. The summed E-state index contributed by atoms with van der Waals surface area (Å²) in [6.45, 7) is 4.46. The van der Waals surface area contributed by atoms with Crippen LogP contribution < -0.4 is 5.32 Å². The van der Waals surface area contributed by atoms with E-state index in [4.69, 9.17) is 0 Å². The second-order valence-corrected chi connectivity index (χ2v) is 9.79. The summed E-state index contributed by atoms with van der Waals surface area (Å²) in [7, 11) is -3.26. The van der Waals surface area contributed by atoms with Crippen LogP contribution in [0.15, 0.2) is 36.8 Å². The third-order valence-electron chi connectivity index (χ3n) is 5.02. The van der Waals surface area contributed by atoms with E-state index in [-0.39, 0.29) is 6.04 Å². The Bertz CT molecular complexity index is 1080. The third kappa shape index (κ3) is 3.59. The molecular weight excluding hydrogens is 376 g/mol. The normalized spacial score (nSPS) is 18.6. The summed E-state index contributed by atoms with van der Waals surface area (Å²) in [4.78, 5) is 16.6. The van der Waals surface area contributed by atoms with Crippen LogP contribution in [0, 0.1) is 0 Å². The second-order valence-electron chi connectivity index (χ2n) is 7.30. The lowest BCUT2D eigenvalue weighted by Gasteiger charge is -2.34. The summed E-state index contributed by atoms with van der Waals surface area (Å²) in [6.07, 6.45) is 6.96. The van der Waals surface area contributed by atoms with Gasteiger partial charge in [-0.3, -0.25) is 0 Å². The highest BCUT2D eigenvalue weighted by atomic mass is 32.2. The summed E-state index contributed by atoms with van der Waals surface area (Å²) in [5.74, 6) is 0.695. The van der Waals surface area contributed by atoms with Gasteiger partial charge in [0.25, 0.3) is 0 Å². The van der Waals surface area contributed by atoms with E-state index in [1.165, 1.54) is 0 Å². The molecule has 0 radical (unpaired) electrons. The number of nitrogens with zero attached hydrogens (tertiary/aromatic N) is 4. The Morgan fingerprint density at radius 1 is 1.29 bits per heavy atom. The number of piperidine rings is 1. The minimum atomic E-state index is -3.26. The number of hydrogen-bond acceptors (Lipinski definition) is 6. The van der Waals surface area contributed by atoms with Crippen LogP contribution in [-0.4, -0.2) is 57.0 Å². The molecule has 1 unspecified atom stereocenters. The largest absolute Gasteiger partial charge is 0.365 e. The number of sulfonamides is 1. The molecule has 1 fully saturated rings. The van der Waals surface area contributed by atoms with Crippen molar-refractivity contribution < 1.29 is 8.42 Å². The van der Waals surface area contributed by atoms with E-state index in [0.29, 0.717) is 18.9 Å². The quantitative estimate of drug-likeness (QED) is 0.682. The molecule has 1 saturated heterocycles. The van der Waals surface area contributed by atoms with Gasteiger partial charge < -0.3 is 10.3 Å². The lowest BCUT2D eigenvalue weighted by Crippen LogP contribution is -2.47. The van der Waals surface area contributed by atoms with Crippen molar-refractivity contribution in [2.24, 2.45) is 0 Å². The molecule has 3 aromatic heterocycles. The molecule has 0 aromatic carbocycles. The van der Waals surface area contributed by atoms with E-state index in [0.717, 1.165) is 35.3 Å². The Labute approximate surface area is 164 Å². The van der Waals surface area contributed by atoms with Crippen LogP contribution in [0.2, 0.25) is 0 Å². The molecule has 0 saturated carbocycles. The summed E-state index contributed by atoms with van der Waals surface area (Å²) in [5, 5.41) is 3.02. The first kappa shape index (κ1) is 18.8. The zero-order valence-electron chi connectivity index (χ0n) is 16.0. The SMILES string of the molecule is CC(C)S(=O)(=O)N1CCCC(Nc2ncccc2-c2cnc3[nH]ccc3n2)C1. The molecule has 148 valence electrons. The van der Waals surface area contributed by atoms with E-state index in [1.807, 2.05) is 24.4 Å². The van der Waals surface area contributed by atoms with Crippen LogP contribution in [-0.2, 0) is 10.0 Å². The van der Waals surface area contributed by atoms with Crippen LogP contribution in [0.25, 0.3) is 22.4 Å². The van der Waals surface area contributed by atoms with Crippen molar-refractivity contribution in [2.45, 2.75) is 38.0 Å². The summed E-state index contributed by atoms with van der Waals surface area (Å²) in [5.41, 5.74) is 3.11. The molecule has 1 atom stereocenters. The molecule has 28 heavy (non-hydrogen) atoms. The minimum absolute atomic E-state index is 0.000117. The minimum Gasteiger partial charge on any atom is -0.365 e. The molecule has 4 heterocycles. The standard InChI is InChI=1S/C19H24N6O2S/c1-13(2)28(26,27)25-10-4-5-14(12-25)23-18-15(6-3-8-20-18)17-11-22-19-16(24-17)7-9-21-19/h3,6-9,11,13-14H,4-5,10,12H2,1-2H3,(H,20,23)(H,21,22). The number of rotatable bonds is 5. The van der Waals surface area contributed by atoms with Gasteiger partial charge in [0.05, 0.1) is 17.1 Å². The van der Waals surface area contributed by atoms with Gasteiger partial charge in [0.2, 0.25) is 10.0 Å². The van der Waals surface area contributed by atoms with Crippen LogP contribution in [0.5, 0.6) is 0 Å². The number of nitrogens with one attached hydrogen (secondary N) is 2. The highest BCUT2D eigenvalue weighted by Crippen LogP contribution is 2.27. The zero-order valence-corrected chi connectivity index (χ0v) is 16.8. The topological polar surface area (TPSA) is 104 Å². The first-order valence-electron chi connectivity index (χ1n) is 9.46. The molecule has 8 nitrogen and oxygen atoms in total. The van der Waals surface area contributed by atoms with Gasteiger partial charge >= 0.3 is 0 Å². The van der Waals surface area contributed by atoms with E-state index in [9.17, 15) is 8.42 Å². The molecule has 0 spiro atoms. The predicted molar refractivity (Wildman–Crippen MR) is 109 cm³/mol. The predicted octanol–water partition coefficient (Wildman–Crippen LogP) is 2.63. The molecule has 9 heteroatoms. The van der Waals surface area contributed by atoms with Crippen LogP contribution in [0.1, 0.15) is 26.7 Å². The monoisotopic (exact) mass is 400 g/mol. The number of aromatic amines is 1. The average molecular weight is 401 g/mol. The van der Waals surface area contributed by atoms with Crippen LogP contribution in [0.3, 0.4) is 0 Å². The highest BCUT2D eigenvalue weighted by molar-refractivity contribution is 7.89. The fourth-order valence-corrected chi connectivity index (χ4v) is 4.84. The van der Waals surface area contributed by atoms with Gasteiger partial charge in [0.15, 0.2) is 5.65 Å². The number of hydrogen-bond donors (Lipinski definition) is 2. The summed E-state index contributed by atoms with van der Waals surface area (Å²) >= 11 is 0. The molecule has 4 rings (SSSR count). The second kappa shape index (κ2) is 7.48. The van der Waals surface area contributed by atoms with E-state index < -0.39 is 15.3 Å². The summed E-state index contributed by atoms with van der Waals surface area (Å²) in [6, 6.07) is 5.69. The number of aromatic nitrogens is 4. The molecule has 2 N–H and O–H groups in total. The number of fused-ring (bicyclic) bond motifs is 1. The maximum Gasteiger partial charge on any atom is 0.216 e.